The van der Waals surface area contributed by atoms with E-state index in [-0.39, 0.29) is 12.3 Å². The molecule has 0 amide bonds. The number of esters is 1. The number of hydrogen-bond donors (Lipinski definition) is 0. The molecule has 0 atom stereocenters. The summed E-state index contributed by atoms with van der Waals surface area (Å²) < 4.78 is 6.86. The minimum absolute atomic E-state index is 0.224. The van der Waals surface area contributed by atoms with Crippen molar-refractivity contribution in [1.29, 1.82) is 0 Å². The maximum atomic E-state index is 12.2. The maximum Gasteiger partial charge on any atom is 0.361 e. The number of ether oxygens (including phenoxy) is 1. The molecular formula is C18H22N6O2. The average molecular weight is 354 g/mol. The van der Waals surface area contributed by atoms with Crippen molar-refractivity contribution in [2.75, 3.05) is 25.6 Å². The first-order valence-electron chi connectivity index (χ1n) is 8.40. The van der Waals surface area contributed by atoms with Gasteiger partial charge >= 0.3 is 5.97 Å². The van der Waals surface area contributed by atoms with E-state index < -0.39 is 5.97 Å². The standard InChI is InChI=1S/C18H22N6O2/c1-6-26-18(25)16-15-14(7-11(2)8-19-15)24(22-16)9-13-12(3)17(23(4)5)21-10-20-13/h7-8,10H,6,9H2,1-5H3. The van der Waals surface area contributed by atoms with Crippen LogP contribution in [-0.4, -0.2) is 51.4 Å². The summed E-state index contributed by atoms with van der Waals surface area (Å²) in [6, 6.07) is 1.96. The van der Waals surface area contributed by atoms with E-state index in [1.165, 1.54) is 0 Å². The Hall–Kier alpha value is -3.03. The summed E-state index contributed by atoms with van der Waals surface area (Å²) >= 11 is 0. The second-order valence-corrected chi connectivity index (χ2v) is 6.27. The zero-order chi connectivity index (χ0) is 18.8. The lowest BCUT2D eigenvalue weighted by atomic mass is 10.2. The number of aromatic nitrogens is 5. The van der Waals surface area contributed by atoms with E-state index >= 15 is 0 Å². The van der Waals surface area contributed by atoms with Gasteiger partial charge in [0.25, 0.3) is 0 Å². The number of carbonyl (C=O) groups excluding carboxylic acids is 1. The Balaban J connectivity index is 2.10. The molecule has 0 aliphatic carbocycles. The summed E-state index contributed by atoms with van der Waals surface area (Å²) in [6.07, 6.45) is 3.26. The van der Waals surface area contributed by atoms with Crippen molar-refractivity contribution in [2.45, 2.75) is 27.3 Å². The lowest BCUT2D eigenvalue weighted by molar-refractivity contribution is 0.0520. The third kappa shape index (κ3) is 3.22. The summed E-state index contributed by atoms with van der Waals surface area (Å²) in [5.41, 5.74) is 4.33. The average Bonchev–Trinajstić information content (AvgIpc) is 2.94. The number of hydrogen-bond acceptors (Lipinski definition) is 7. The molecule has 3 aromatic rings. The first-order valence-corrected chi connectivity index (χ1v) is 8.40. The summed E-state index contributed by atoms with van der Waals surface area (Å²) in [4.78, 5) is 27.3. The van der Waals surface area contributed by atoms with Crippen LogP contribution in [0.5, 0.6) is 0 Å². The van der Waals surface area contributed by atoms with Gasteiger partial charge in [-0.2, -0.15) is 5.10 Å². The fraction of sp³-hybridized carbons (Fsp3) is 0.389. The summed E-state index contributed by atoms with van der Waals surface area (Å²) in [7, 11) is 3.88. The van der Waals surface area contributed by atoms with E-state index in [0.29, 0.717) is 12.1 Å². The number of rotatable bonds is 5. The van der Waals surface area contributed by atoms with E-state index in [9.17, 15) is 4.79 Å². The van der Waals surface area contributed by atoms with Gasteiger partial charge in [0, 0.05) is 25.9 Å². The highest BCUT2D eigenvalue weighted by Gasteiger charge is 2.21. The van der Waals surface area contributed by atoms with Gasteiger partial charge in [-0.1, -0.05) is 0 Å². The van der Waals surface area contributed by atoms with Gasteiger partial charge in [0.1, 0.15) is 17.7 Å². The molecule has 0 aliphatic rings. The van der Waals surface area contributed by atoms with Crippen LogP contribution in [-0.2, 0) is 11.3 Å². The topological polar surface area (TPSA) is 86.0 Å². The monoisotopic (exact) mass is 354 g/mol. The molecule has 26 heavy (non-hydrogen) atoms. The van der Waals surface area contributed by atoms with Gasteiger partial charge in [-0.25, -0.2) is 14.8 Å². The number of carbonyl (C=O) groups is 1. The minimum atomic E-state index is -0.471. The molecule has 0 unspecified atom stereocenters. The van der Waals surface area contributed by atoms with Crippen molar-refractivity contribution in [2.24, 2.45) is 0 Å². The molecule has 8 heteroatoms. The summed E-state index contributed by atoms with van der Waals surface area (Å²) in [5, 5.41) is 4.47. The highest BCUT2D eigenvalue weighted by molar-refractivity contribution is 6.00. The van der Waals surface area contributed by atoms with Crippen LogP contribution in [0.3, 0.4) is 0 Å². The molecule has 3 rings (SSSR count). The molecule has 0 N–H and O–H groups in total. The highest BCUT2D eigenvalue weighted by Crippen LogP contribution is 2.22. The van der Waals surface area contributed by atoms with Crippen LogP contribution in [0.25, 0.3) is 11.0 Å². The van der Waals surface area contributed by atoms with Gasteiger partial charge in [-0.15, -0.1) is 0 Å². The molecular weight excluding hydrogens is 332 g/mol. The first kappa shape index (κ1) is 17.8. The Morgan fingerprint density at radius 1 is 1.23 bits per heavy atom. The fourth-order valence-electron chi connectivity index (χ4n) is 2.84. The molecule has 0 bridgehead atoms. The molecule has 0 saturated carbocycles. The Morgan fingerprint density at radius 2 is 2.00 bits per heavy atom. The SMILES string of the molecule is CCOC(=O)c1nn(Cc2ncnc(N(C)C)c2C)c2cc(C)cnc12. The Bertz CT molecular complexity index is 964. The lowest BCUT2D eigenvalue weighted by Gasteiger charge is -2.16. The molecule has 8 nitrogen and oxygen atoms in total. The Labute approximate surface area is 151 Å². The number of anilines is 1. The quantitative estimate of drug-likeness (QED) is 0.649. The summed E-state index contributed by atoms with van der Waals surface area (Å²) in [6.45, 7) is 6.40. The first-order chi connectivity index (χ1) is 12.4. The predicted molar refractivity (Wildman–Crippen MR) is 98.4 cm³/mol. The third-order valence-electron chi connectivity index (χ3n) is 4.08. The zero-order valence-corrected chi connectivity index (χ0v) is 15.6. The Morgan fingerprint density at radius 3 is 2.69 bits per heavy atom. The third-order valence-corrected chi connectivity index (χ3v) is 4.08. The minimum Gasteiger partial charge on any atom is -0.461 e. The smallest absolute Gasteiger partial charge is 0.361 e. The molecule has 3 aromatic heterocycles. The molecule has 0 saturated heterocycles. The predicted octanol–water partition coefficient (Wildman–Crippen LogP) is 2.13. The Kier molecular flexibility index (Phi) is 4.83. The van der Waals surface area contributed by atoms with Crippen LogP contribution in [0.4, 0.5) is 5.82 Å². The van der Waals surface area contributed by atoms with Gasteiger partial charge in [-0.05, 0) is 32.4 Å². The number of aryl methyl sites for hydroxylation is 1. The molecule has 0 aromatic carbocycles. The van der Waals surface area contributed by atoms with Crippen molar-refractivity contribution in [3.8, 4) is 0 Å². The zero-order valence-electron chi connectivity index (χ0n) is 15.6. The molecule has 0 fully saturated rings. The van der Waals surface area contributed by atoms with Gasteiger partial charge < -0.3 is 9.64 Å². The van der Waals surface area contributed by atoms with Gasteiger partial charge in [0.15, 0.2) is 5.69 Å². The van der Waals surface area contributed by atoms with Crippen LogP contribution < -0.4 is 4.90 Å². The molecule has 136 valence electrons. The highest BCUT2D eigenvalue weighted by atomic mass is 16.5. The van der Waals surface area contributed by atoms with Crippen molar-refractivity contribution < 1.29 is 9.53 Å². The van der Waals surface area contributed by atoms with Crippen molar-refractivity contribution in [3.05, 3.63) is 41.1 Å². The van der Waals surface area contributed by atoms with E-state index in [0.717, 1.165) is 28.2 Å². The van der Waals surface area contributed by atoms with Crippen LogP contribution >= 0.6 is 0 Å². The van der Waals surface area contributed by atoms with Crippen LogP contribution in [0, 0.1) is 13.8 Å². The number of fused-ring (bicyclic) bond motifs is 1. The second-order valence-electron chi connectivity index (χ2n) is 6.27. The van der Waals surface area contributed by atoms with Gasteiger partial charge in [-0.3, -0.25) is 9.67 Å². The number of pyridine rings is 1. The largest absolute Gasteiger partial charge is 0.461 e. The van der Waals surface area contributed by atoms with Gasteiger partial charge in [0.05, 0.1) is 24.4 Å². The van der Waals surface area contributed by atoms with Crippen molar-refractivity contribution >= 4 is 22.8 Å². The second kappa shape index (κ2) is 7.07. The number of nitrogens with zero attached hydrogens (tertiary/aromatic N) is 6. The molecule has 0 aliphatic heterocycles. The van der Waals surface area contributed by atoms with E-state index in [2.05, 4.69) is 20.1 Å². The normalized spacial score (nSPS) is 11.0. The molecule has 0 spiro atoms. The van der Waals surface area contributed by atoms with Crippen LogP contribution in [0.1, 0.15) is 34.2 Å². The molecule has 3 heterocycles. The van der Waals surface area contributed by atoms with Crippen LogP contribution in [0.15, 0.2) is 18.6 Å². The van der Waals surface area contributed by atoms with E-state index in [1.54, 1.807) is 24.1 Å². The van der Waals surface area contributed by atoms with Gasteiger partial charge in [0.2, 0.25) is 0 Å². The van der Waals surface area contributed by atoms with E-state index in [1.807, 2.05) is 38.9 Å². The van der Waals surface area contributed by atoms with Crippen LogP contribution in [0.2, 0.25) is 0 Å². The lowest BCUT2D eigenvalue weighted by Crippen LogP contribution is -2.15. The maximum absolute atomic E-state index is 12.2. The van der Waals surface area contributed by atoms with Crippen molar-refractivity contribution in [1.82, 2.24) is 24.7 Å². The fourth-order valence-corrected chi connectivity index (χ4v) is 2.84. The summed E-state index contributed by atoms with van der Waals surface area (Å²) in [5.74, 6) is 0.382. The molecule has 0 radical (unpaired) electrons. The van der Waals surface area contributed by atoms with E-state index in [4.69, 9.17) is 4.74 Å². The van der Waals surface area contributed by atoms with Crippen molar-refractivity contribution in [3.63, 3.8) is 0 Å².